The van der Waals surface area contributed by atoms with E-state index in [9.17, 15) is 23.9 Å². The first-order chi connectivity index (χ1) is 14.0. The van der Waals surface area contributed by atoms with E-state index >= 15 is 0 Å². The highest BCUT2D eigenvalue weighted by Crippen LogP contribution is 2.41. The van der Waals surface area contributed by atoms with Crippen molar-refractivity contribution in [2.24, 2.45) is 5.92 Å². The minimum absolute atomic E-state index is 0.0996. The van der Waals surface area contributed by atoms with Crippen molar-refractivity contribution in [3.63, 3.8) is 0 Å². The standard InChI is InChI=1S/C20H34N3O6P/c1-6-18(30(26,27)28)22-16(11-13(2)3)20(25)23-17(19(24)21-4)12-14-7-9-15(29-5)10-8-14/h7-10,13,16-18,22H,6,11-12H2,1-5H3,(H,21,24)(H,23,25)(H2,26,27,28)/t16-,17+,18-/m1/s1. The van der Waals surface area contributed by atoms with Crippen molar-refractivity contribution in [1.82, 2.24) is 16.0 Å². The first-order valence-electron chi connectivity index (χ1n) is 9.97. The summed E-state index contributed by atoms with van der Waals surface area (Å²) in [5.74, 6) is -1.18. The van der Waals surface area contributed by atoms with Gasteiger partial charge in [0.05, 0.1) is 13.2 Å². The van der Waals surface area contributed by atoms with Gasteiger partial charge >= 0.3 is 7.60 Å². The predicted molar refractivity (Wildman–Crippen MR) is 115 cm³/mol. The molecule has 2 amide bonds. The number of carbonyl (C=O) groups is 2. The van der Waals surface area contributed by atoms with Crippen LogP contribution < -0.4 is 20.7 Å². The van der Waals surface area contributed by atoms with Crippen LogP contribution >= 0.6 is 7.60 Å². The lowest BCUT2D eigenvalue weighted by Crippen LogP contribution is -2.55. The maximum absolute atomic E-state index is 13.0. The number of benzene rings is 1. The quantitative estimate of drug-likeness (QED) is 0.308. The zero-order valence-corrected chi connectivity index (χ0v) is 19.1. The zero-order chi connectivity index (χ0) is 22.9. The second-order valence-electron chi connectivity index (χ2n) is 7.59. The molecule has 30 heavy (non-hydrogen) atoms. The van der Waals surface area contributed by atoms with Gasteiger partial charge in [-0.1, -0.05) is 32.9 Å². The summed E-state index contributed by atoms with van der Waals surface area (Å²) in [7, 11) is -1.37. The lowest BCUT2D eigenvalue weighted by molar-refractivity contribution is -0.130. The van der Waals surface area contributed by atoms with E-state index in [0.29, 0.717) is 12.2 Å². The normalized spacial score (nSPS) is 14.7. The highest BCUT2D eigenvalue weighted by Gasteiger charge is 2.33. The highest BCUT2D eigenvalue weighted by atomic mass is 31.2. The van der Waals surface area contributed by atoms with E-state index < -0.39 is 31.4 Å². The summed E-state index contributed by atoms with van der Waals surface area (Å²) in [5, 5.41) is 8.07. The fourth-order valence-electron chi connectivity index (χ4n) is 3.06. The molecular formula is C20H34N3O6P. The number of nitrogens with one attached hydrogen (secondary N) is 3. The lowest BCUT2D eigenvalue weighted by atomic mass is 10.0. The van der Waals surface area contributed by atoms with Crippen molar-refractivity contribution in [2.45, 2.75) is 57.9 Å². The smallest absolute Gasteiger partial charge is 0.342 e. The number of methoxy groups -OCH3 is 1. The Bertz CT molecular complexity index is 735. The molecule has 1 aromatic rings. The molecule has 0 spiro atoms. The minimum Gasteiger partial charge on any atom is -0.497 e. The molecule has 0 heterocycles. The van der Waals surface area contributed by atoms with Crippen LogP contribution in [0.1, 0.15) is 39.2 Å². The Morgan fingerprint density at radius 3 is 2.13 bits per heavy atom. The van der Waals surface area contributed by atoms with Crippen LogP contribution in [0.15, 0.2) is 24.3 Å². The summed E-state index contributed by atoms with van der Waals surface area (Å²) in [6.07, 6.45) is 0.793. The summed E-state index contributed by atoms with van der Waals surface area (Å²) < 4.78 is 16.8. The average molecular weight is 443 g/mol. The van der Waals surface area contributed by atoms with Gasteiger partial charge in [-0.3, -0.25) is 19.5 Å². The molecule has 0 aliphatic carbocycles. The van der Waals surface area contributed by atoms with E-state index in [2.05, 4.69) is 16.0 Å². The van der Waals surface area contributed by atoms with Crippen molar-refractivity contribution in [3.8, 4) is 5.75 Å². The molecule has 0 aliphatic rings. The van der Waals surface area contributed by atoms with E-state index in [1.807, 2.05) is 26.0 Å². The average Bonchev–Trinajstić information content (AvgIpc) is 2.69. The fraction of sp³-hybridized carbons (Fsp3) is 0.600. The number of hydrogen-bond acceptors (Lipinski definition) is 5. The third-order valence-electron chi connectivity index (χ3n) is 4.69. The summed E-state index contributed by atoms with van der Waals surface area (Å²) in [6.45, 7) is 5.46. The van der Waals surface area contributed by atoms with Crippen LogP contribution in [0.5, 0.6) is 5.75 Å². The molecule has 0 saturated carbocycles. The molecule has 1 rings (SSSR count). The fourth-order valence-corrected chi connectivity index (χ4v) is 3.91. The van der Waals surface area contributed by atoms with E-state index in [4.69, 9.17) is 4.74 Å². The van der Waals surface area contributed by atoms with Crippen molar-refractivity contribution in [1.29, 1.82) is 0 Å². The molecule has 9 nitrogen and oxygen atoms in total. The van der Waals surface area contributed by atoms with E-state index in [0.717, 1.165) is 5.56 Å². The van der Waals surface area contributed by atoms with Gasteiger partial charge in [0.25, 0.3) is 0 Å². The summed E-state index contributed by atoms with van der Waals surface area (Å²) in [4.78, 5) is 44.4. The maximum atomic E-state index is 13.0. The van der Waals surface area contributed by atoms with Crippen molar-refractivity contribution < 1.29 is 28.7 Å². The van der Waals surface area contributed by atoms with E-state index in [1.165, 1.54) is 7.05 Å². The number of rotatable bonds is 12. The molecule has 1 aromatic carbocycles. The second-order valence-corrected chi connectivity index (χ2v) is 9.39. The SMILES string of the molecule is CC[C@H](N[C@H](CC(C)C)C(=O)N[C@@H](Cc1ccc(OC)cc1)C(=O)NC)P(=O)(O)O. The van der Waals surface area contributed by atoms with Crippen LogP contribution in [0.25, 0.3) is 0 Å². The number of carbonyl (C=O) groups excluding carboxylic acids is 2. The monoisotopic (exact) mass is 443 g/mol. The molecular weight excluding hydrogens is 409 g/mol. The van der Waals surface area contributed by atoms with Gasteiger partial charge in [-0.25, -0.2) is 0 Å². The maximum Gasteiger partial charge on any atom is 0.342 e. The Balaban J connectivity index is 3.00. The van der Waals surface area contributed by atoms with Gasteiger partial charge in [0, 0.05) is 13.5 Å². The van der Waals surface area contributed by atoms with Gasteiger partial charge in [-0.15, -0.1) is 0 Å². The third kappa shape index (κ3) is 8.44. The molecule has 0 unspecified atom stereocenters. The zero-order valence-electron chi connectivity index (χ0n) is 18.2. The molecule has 0 fully saturated rings. The van der Waals surface area contributed by atoms with Crippen molar-refractivity contribution >= 4 is 19.4 Å². The Labute approximate surface area is 178 Å². The van der Waals surface area contributed by atoms with Crippen LogP contribution in [0, 0.1) is 5.92 Å². The molecule has 0 aliphatic heterocycles. The van der Waals surface area contributed by atoms with Crippen LogP contribution in [0.4, 0.5) is 0 Å². The Morgan fingerprint density at radius 1 is 1.10 bits per heavy atom. The van der Waals surface area contributed by atoms with E-state index in [1.54, 1.807) is 26.2 Å². The number of hydrogen-bond donors (Lipinski definition) is 5. The number of amides is 2. The topological polar surface area (TPSA) is 137 Å². The number of ether oxygens (including phenoxy) is 1. The van der Waals surface area contributed by atoms with Gasteiger partial charge in [0.2, 0.25) is 11.8 Å². The molecule has 0 radical (unpaired) electrons. The first kappa shape index (κ1) is 26.1. The Morgan fingerprint density at radius 2 is 1.70 bits per heavy atom. The van der Waals surface area contributed by atoms with Gasteiger partial charge in [-0.05, 0) is 36.5 Å². The highest BCUT2D eigenvalue weighted by molar-refractivity contribution is 7.52. The third-order valence-corrected chi connectivity index (χ3v) is 6.01. The minimum atomic E-state index is -4.42. The molecule has 10 heteroatoms. The predicted octanol–water partition coefficient (Wildman–Crippen LogP) is 1.39. The van der Waals surface area contributed by atoms with Crippen LogP contribution in [0.3, 0.4) is 0 Å². The van der Waals surface area contributed by atoms with Gasteiger partial charge < -0.3 is 25.2 Å². The van der Waals surface area contributed by atoms with E-state index in [-0.39, 0.29) is 24.7 Å². The Hall–Kier alpha value is -1.93. The second kappa shape index (κ2) is 12.1. The van der Waals surface area contributed by atoms with Crippen molar-refractivity contribution in [3.05, 3.63) is 29.8 Å². The van der Waals surface area contributed by atoms with Gasteiger partial charge in [-0.2, -0.15) is 0 Å². The Kier molecular flexibility index (Phi) is 10.5. The molecule has 5 N–H and O–H groups in total. The largest absolute Gasteiger partial charge is 0.497 e. The van der Waals surface area contributed by atoms with Crippen molar-refractivity contribution in [2.75, 3.05) is 14.2 Å². The molecule has 0 bridgehead atoms. The molecule has 0 aromatic heterocycles. The van der Waals surface area contributed by atoms with Crippen LogP contribution in [-0.4, -0.2) is 53.6 Å². The molecule has 3 atom stereocenters. The van der Waals surface area contributed by atoms with Crippen LogP contribution in [-0.2, 0) is 20.6 Å². The van der Waals surface area contributed by atoms with Crippen LogP contribution in [0.2, 0.25) is 0 Å². The first-order valence-corrected chi connectivity index (χ1v) is 11.7. The molecule has 0 saturated heterocycles. The summed E-state index contributed by atoms with van der Waals surface area (Å²) in [5.41, 5.74) is 0.833. The lowest BCUT2D eigenvalue weighted by Gasteiger charge is -2.28. The summed E-state index contributed by atoms with van der Waals surface area (Å²) in [6, 6.07) is 5.49. The number of likely N-dealkylation sites (N-methyl/N-ethyl adjacent to an activating group) is 1. The van der Waals surface area contributed by atoms with Gasteiger partial charge in [0.1, 0.15) is 17.6 Å². The molecule has 170 valence electrons. The summed E-state index contributed by atoms with van der Waals surface area (Å²) >= 11 is 0. The van der Waals surface area contributed by atoms with Gasteiger partial charge in [0.15, 0.2) is 0 Å².